The van der Waals surface area contributed by atoms with Crippen LogP contribution in [0.1, 0.15) is 32.1 Å². The van der Waals surface area contributed by atoms with Gasteiger partial charge >= 0.3 is 0 Å². The van der Waals surface area contributed by atoms with E-state index in [1.54, 1.807) is 11.6 Å². The Morgan fingerprint density at radius 3 is 3.00 bits per heavy atom. The smallest absolute Gasteiger partial charge is 0.241 e. The number of amides is 1. The van der Waals surface area contributed by atoms with E-state index in [1.165, 1.54) is 48.8 Å². The molecule has 2 aliphatic rings. The van der Waals surface area contributed by atoms with Gasteiger partial charge < -0.3 is 10.6 Å². The number of carbonyl (C=O) groups is 1. The first kappa shape index (κ1) is 17.3. The molecule has 5 nitrogen and oxygen atoms in total. The predicted octanol–water partition coefficient (Wildman–Crippen LogP) is 4.20. The Labute approximate surface area is 159 Å². The molecular formula is C17H19ClN4OS2. The normalized spacial score (nSPS) is 25.6. The fourth-order valence-electron chi connectivity index (χ4n) is 3.71. The van der Waals surface area contributed by atoms with Crippen LogP contribution in [0.15, 0.2) is 32.9 Å². The van der Waals surface area contributed by atoms with E-state index in [2.05, 4.69) is 20.8 Å². The van der Waals surface area contributed by atoms with E-state index in [1.807, 2.05) is 12.1 Å². The van der Waals surface area contributed by atoms with Crippen LogP contribution in [-0.2, 0) is 4.79 Å². The molecule has 8 heteroatoms. The van der Waals surface area contributed by atoms with Crippen LogP contribution in [0.5, 0.6) is 0 Å². The summed E-state index contributed by atoms with van der Waals surface area (Å²) in [5.74, 6) is 0.689. The molecule has 132 valence electrons. The van der Waals surface area contributed by atoms with Crippen molar-refractivity contribution in [1.29, 1.82) is 0 Å². The summed E-state index contributed by atoms with van der Waals surface area (Å²) in [4.78, 5) is 13.5. The van der Waals surface area contributed by atoms with Gasteiger partial charge in [-0.1, -0.05) is 47.5 Å². The molecule has 2 N–H and O–H groups in total. The average molecular weight is 395 g/mol. The number of aromatic nitrogens is 2. The molecular weight excluding hydrogens is 376 g/mol. The van der Waals surface area contributed by atoms with Crippen LogP contribution in [0.3, 0.4) is 0 Å². The molecule has 3 unspecified atom stereocenters. The van der Waals surface area contributed by atoms with Gasteiger partial charge in [-0.2, -0.15) is 0 Å². The van der Waals surface area contributed by atoms with Gasteiger partial charge in [-0.15, -0.1) is 10.2 Å². The quantitative estimate of drug-likeness (QED) is 0.813. The summed E-state index contributed by atoms with van der Waals surface area (Å²) in [5.41, 5.74) is 2.42. The van der Waals surface area contributed by atoms with E-state index in [0.29, 0.717) is 17.0 Å². The van der Waals surface area contributed by atoms with Crippen molar-refractivity contribution in [3.8, 4) is 0 Å². The number of benzene rings is 1. The van der Waals surface area contributed by atoms with Crippen molar-refractivity contribution in [2.45, 2.75) is 53.4 Å². The van der Waals surface area contributed by atoms with Crippen LogP contribution in [0.25, 0.3) is 0 Å². The lowest BCUT2D eigenvalue weighted by atomic mass is 9.85. The Morgan fingerprint density at radius 1 is 1.36 bits per heavy atom. The number of rotatable bonds is 4. The molecule has 0 spiro atoms. The highest BCUT2D eigenvalue weighted by molar-refractivity contribution is 8.01. The average Bonchev–Trinajstić information content (AvgIpc) is 3.26. The zero-order valence-corrected chi connectivity index (χ0v) is 16.0. The van der Waals surface area contributed by atoms with Gasteiger partial charge in [0, 0.05) is 16.6 Å². The van der Waals surface area contributed by atoms with Crippen molar-refractivity contribution in [3.63, 3.8) is 0 Å². The van der Waals surface area contributed by atoms with Gasteiger partial charge in [-0.25, -0.2) is 0 Å². The number of fused-ring (bicyclic) bond motifs is 1. The van der Waals surface area contributed by atoms with Gasteiger partial charge in [0.05, 0.1) is 11.1 Å². The first-order valence-electron chi connectivity index (χ1n) is 8.49. The minimum atomic E-state index is -0.0951. The molecule has 2 aromatic rings. The molecule has 3 atom stereocenters. The highest BCUT2D eigenvalue weighted by Gasteiger charge is 2.38. The molecule has 1 saturated heterocycles. The molecule has 2 heterocycles. The summed E-state index contributed by atoms with van der Waals surface area (Å²) in [6.45, 7) is 0. The minimum absolute atomic E-state index is 0.0370. The summed E-state index contributed by atoms with van der Waals surface area (Å²) in [5, 5.41) is 14.9. The molecule has 1 aromatic carbocycles. The van der Waals surface area contributed by atoms with Crippen molar-refractivity contribution in [2.75, 3.05) is 5.32 Å². The fraction of sp³-hybridized carbons (Fsp3) is 0.471. The fourth-order valence-corrected chi connectivity index (χ4v) is 5.45. The summed E-state index contributed by atoms with van der Waals surface area (Å²) >= 11 is 9.30. The second-order valence-electron chi connectivity index (χ2n) is 6.55. The first-order valence-corrected chi connectivity index (χ1v) is 10.6. The molecule has 4 rings (SSSR count). The van der Waals surface area contributed by atoms with Crippen molar-refractivity contribution < 1.29 is 4.79 Å². The van der Waals surface area contributed by atoms with Crippen LogP contribution in [0, 0.1) is 5.92 Å². The SMILES string of the molecule is O=C(Nc1ccc(Sc2nncs2)c(Cl)c1)C1CC2CCCCC2N1. The monoisotopic (exact) mass is 394 g/mol. The second kappa shape index (κ2) is 7.61. The third-order valence-electron chi connectivity index (χ3n) is 4.92. The van der Waals surface area contributed by atoms with Gasteiger partial charge in [0.1, 0.15) is 5.51 Å². The lowest BCUT2D eigenvalue weighted by Gasteiger charge is -2.24. The van der Waals surface area contributed by atoms with Crippen LogP contribution in [0.4, 0.5) is 5.69 Å². The predicted molar refractivity (Wildman–Crippen MR) is 101 cm³/mol. The van der Waals surface area contributed by atoms with Crippen LogP contribution in [-0.4, -0.2) is 28.2 Å². The Balaban J connectivity index is 1.39. The topological polar surface area (TPSA) is 66.9 Å². The maximum Gasteiger partial charge on any atom is 0.241 e. The Morgan fingerprint density at radius 2 is 2.24 bits per heavy atom. The standard InChI is InChI=1S/C17H19ClN4OS2/c18-12-8-11(5-6-15(12)25-17-22-19-9-24-17)20-16(23)14-7-10-3-1-2-4-13(10)21-14/h5-6,8-10,13-14,21H,1-4,7H2,(H,20,23). The molecule has 0 radical (unpaired) electrons. The third kappa shape index (κ3) is 4.00. The van der Waals surface area contributed by atoms with E-state index in [-0.39, 0.29) is 11.9 Å². The van der Waals surface area contributed by atoms with Crippen LogP contribution < -0.4 is 10.6 Å². The van der Waals surface area contributed by atoms with Crippen molar-refractivity contribution >= 4 is 46.3 Å². The summed E-state index contributed by atoms with van der Waals surface area (Å²) in [6, 6.07) is 6.01. The number of anilines is 1. The van der Waals surface area contributed by atoms with E-state index in [9.17, 15) is 4.79 Å². The second-order valence-corrected chi connectivity index (χ2v) is 9.08. The molecule has 1 amide bonds. The lowest BCUT2D eigenvalue weighted by Crippen LogP contribution is -2.39. The molecule has 1 aliphatic heterocycles. The number of halogens is 1. The van der Waals surface area contributed by atoms with Gasteiger partial charge in [0.2, 0.25) is 5.91 Å². The molecule has 25 heavy (non-hydrogen) atoms. The zero-order chi connectivity index (χ0) is 17.2. The van der Waals surface area contributed by atoms with Crippen LogP contribution in [0.2, 0.25) is 5.02 Å². The van der Waals surface area contributed by atoms with Gasteiger partial charge in [0.15, 0.2) is 4.34 Å². The molecule has 2 fully saturated rings. The third-order valence-corrected chi connectivity index (χ3v) is 7.19. The molecule has 1 saturated carbocycles. The summed E-state index contributed by atoms with van der Waals surface area (Å²) in [6.07, 6.45) is 5.93. The van der Waals surface area contributed by atoms with E-state index in [4.69, 9.17) is 11.6 Å². The lowest BCUT2D eigenvalue weighted by molar-refractivity contribution is -0.117. The van der Waals surface area contributed by atoms with E-state index in [0.717, 1.165) is 21.3 Å². The van der Waals surface area contributed by atoms with Gasteiger partial charge in [-0.3, -0.25) is 4.79 Å². The Hall–Kier alpha value is -1.15. The number of nitrogens with zero attached hydrogens (tertiary/aromatic N) is 2. The Bertz CT molecular complexity index is 741. The van der Waals surface area contributed by atoms with Gasteiger partial charge in [-0.05, 0) is 43.4 Å². The highest BCUT2D eigenvalue weighted by Crippen LogP contribution is 2.36. The summed E-state index contributed by atoms with van der Waals surface area (Å²) in [7, 11) is 0. The van der Waals surface area contributed by atoms with Gasteiger partial charge in [0.25, 0.3) is 0 Å². The summed E-state index contributed by atoms with van der Waals surface area (Å²) < 4.78 is 0.844. The maximum atomic E-state index is 12.6. The van der Waals surface area contributed by atoms with Crippen molar-refractivity contribution in [2.24, 2.45) is 5.92 Å². The highest BCUT2D eigenvalue weighted by atomic mass is 35.5. The number of hydrogen-bond donors (Lipinski definition) is 2. The van der Waals surface area contributed by atoms with E-state index >= 15 is 0 Å². The van der Waals surface area contributed by atoms with E-state index < -0.39 is 0 Å². The molecule has 1 aliphatic carbocycles. The number of carbonyl (C=O) groups excluding carboxylic acids is 1. The maximum absolute atomic E-state index is 12.6. The molecule has 0 bridgehead atoms. The minimum Gasteiger partial charge on any atom is -0.325 e. The number of hydrogen-bond acceptors (Lipinski definition) is 6. The molecule has 1 aromatic heterocycles. The number of nitrogens with one attached hydrogen (secondary N) is 2. The van der Waals surface area contributed by atoms with Crippen LogP contribution >= 0.6 is 34.7 Å². The zero-order valence-electron chi connectivity index (χ0n) is 13.6. The Kier molecular flexibility index (Phi) is 5.26. The largest absolute Gasteiger partial charge is 0.325 e. The first-order chi connectivity index (χ1) is 12.2. The van der Waals surface area contributed by atoms with Crippen molar-refractivity contribution in [3.05, 3.63) is 28.7 Å². The van der Waals surface area contributed by atoms with Crippen molar-refractivity contribution in [1.82, 2.24) is 15.5 Å².